The number of para-hydroxylation sites is 1. The van der Waals surface area contributed by atoms with Gasteiger partial charge in [0.05, 0.1) is 11.9 Å². The molecule has 2 heterocycles. The summed E-state index contributed by atoms with van der Waals surface area (Å²) in [5.74, 6) is -0.0155. The fourth-order valence-electron chi connectivity index (χ4n) is 2.47. The number of esters is 1. The molecule has 0 aliphatic heterocycles. The normalized spacial score (nSPS) is 11.0. The summed E-state index contributed by atoms with van der Waals surface area (Å²) >= 11 is 0. The monoisotopic (exact) mass is 372 g/mol. The van der Waals surface area contributed by atoms with Gasteiger partial charge in [-0.15, -0.1) is 5.10 Å². The molecule has 2 aromatic heterocycles. The lowest BCUT2D eigenvalue weighted by atomic mass is 10.2. The molecule has 0 fully saturated rings. The van der Waals surface area contributed by atoms with Crippen LogP contribution in [-0.2, 0) is 16.1 Å². The van der Waals surface area contributed by atoms with Crippen molar-refractivity contribution in [2.45, 2.75) is 6.61 Å². The summed E-state index contributed by atoms with van der Waals surface area (Å²) in [5.41, 5.74) is 2.79. The lowest BCUT2D eigenvalue weighted by molar-refractivity contribution is -0.139. The van der Waals surface area contributed by atoms with Gasteiger partial charge >= 0.3 is 5.97 Å². The van der Waals surface area contributed by atoms with E-state index in [1.165, 1.54) is 17.1 Å². The van der Waals surface area contributed by atoms with Crippen LogP contribution in [0.2, 0.25) is 0 Å². The van der Waals surface area contributed by atoms with Crippen molar-refractivity contribution < 1.29 is 13.9 Å². The summed E-state index contributed by atoms with van der Waals surface area (Å²) in [5, 5.41) is 8.46. The molecule has 4 aromatic rings. The van der Waals surface area contributed by atoms with Gasteiger partial charge in [0.2, 0.25) is 5.89 Å². The quantitative estimate of drug-likeness (QED) is 0.379. The lowest BCUT2D eigenvalue weighted by Gasteiger charge is -1.97. The van der Waals surface area contributed by atoms with E-state index in [9.17, 15) is 4.79 Å². The van der Waals surface area contributed by atoms with E-state index in [1.807, 2.05) is 60.7 Å². The molecule has 0 bridgehead atoms. The first kappa shape index (κ1) is 17.4. The molecule has 0 saturated heterocycles. The largest absolute Gasteiger partial charge is 0.456 e. The highest BCUT2D eigenvalue weighted by Crippen LogP contribution is 2.18. The smallest absolute Gasteiger partial charge is 0.331 e. The van der Waals surface area contributed by atoms with Crippen molar-refractivity contribution in [1.82, 2.24) is 20.0 Å². The lowest BCUT2D eigenvalue weighted by Crippen LogP contribution is -2.01. The summed E-state index contributed by atoms with van der Waals surface area (Å²) in [7, 11) is 0. The Balaban J connectivity index is 1.33. The number of oxazole rings is 1. The number of carbonyl (C=O) groups is 1. The molecule has 0 unspecified atom stereocenters. The summed E-state index contributed by atoms with van der Waals surface area (Å²) in [6.07, 6.45) is 5.90. The molecule has 0 amide bonds. The van der Waals surface area contributed by atoms with E-state index in [2.05, 4.69) is 15.2 Å². The predicted molar refractivity (Wildman–Crippen MR) is 102 cm³/mol. The van der Waals surface area contributed by atoms with Crippen molar-refractivity contribution in [1.29, 1.82) is 0 Å². The van der Waals surface area contributed by atoms with Crippen LogP contribution in [0.3, 0.4) is 0 Å². The Hall–Kier alpha value is -4.00. The van der Waals surface area contributed by atoms with Gasteiger partial charge in [0, 0.05) is 11.6 Å². The Morgan fingerprint density at radius 2 is 1.82 bits per heavy atom. The van der Waals surface area contributed by atoms with Gasteiger partial charge < -0.3 is 9.15 Å². The number of hydrogen-bond donors (Lipinski definition) is 0. The van der Waals surface area contributed by atoms with Gasteiger partial charge in [-0.25, -0.2) is 9.78 Å². The average molecular weight is 372 g/mol. The molecule has 7 heteroatoms. The second-order valence-electron chi connectivity index (χ2n) is 5.85. The second-order valence-corrected chi connectivity index (χ2v) is 5.85. The molecule has 0 saturated carbocycles. The summed E-state index contributed by atoms with van der Waals surface area (Å²) in [6.45, 7) is 0.0240. The maximum Gasteiger partial charge on any atom is 0.331 e. The average Bonchev–Trinajstić information content (AvgIpc) is 3.42. The number of nitrogens with zero attached hydrogens (tertiary/aromatic N) is 4. The number of ether oxygens (including phenoxy) is 1. The molecule has 0 radical (unpaired) electrons. The highest BCUT2D eigenvalue weighted by Gasteiger charge is 2.08. The number of benzene rings is 2. The minimum Gasteiger partial charge on any atom is -0.456 e. The van der Waals surface area contributed by atoms with E-state index in [0.717, 1.165) is 11.3 Å². The fraction of sp³-hybridized carbons (Fsp3) is 0.0476. The van der Waals surface area contributed by atoms with E-state index < -0.39 is 5.97 Å². The first-order valence-electron chi connectivity index (χ1n) is 8.60. The topological polar surface area (TPSA) is 83.0 Å². The highest BCUT2D eigenvalue weighted by molar-refractivity contribution is 5.86. The summed E-state index contributed by atoms with van der Waals surface area (Å²) in [6, 6.07) is 19.0. The van der Waals surface area contributed by atoms with Crippen LogP contribution >= 0.6 is 0 Å². The Labute approximate surface area is 160 Å². The number of carbonyl (C=O) groups excluding carboxylic acids is 1. The van der Waals surface area contributed by atoms with Crippen LogP contribution in [0.15, 0.2) is 83.6 Å². The number of hydrogen-bond acceptors (Lipinski definition) is 6. The summed E-state index contributed by atoms with van der Waals surface area (Å²) < 4.78 is 10.6. The Kier molecular flexibility index (Phi) is 5.06. The maximum absolute atomic E-state index is 11.9. The molecule has 2 aromatic carbocycles. The maximum atomic E-state index is 11.9. The van der Waals surface area contributed by atoms with Crippen molar-refractivity contribution >= 4 is 12.0 Å². The number of aromatic nitrogens is 4. The second kappa shape index (κ2) is 8.13. The molecule has 28 heavy (non-hydrogen) atoms. The first-order valence-corrected chi connectivity index (χ1v) is 8.60. The van der Waals surface area contributed by atoms with Crippen molar-refractivity contribution in [3.05, 3.63) is 90.6 Å². The molecule has 0 N–H and O–H groups in total. The van der Waals surface area contributed by atoms with E-state index in [4.69, 9.17) is 9.15 Å². The van der Waals surface area contributed by atoms with E-state index in [0.29, 0.717) is 17.3 Å². The molecule has 0 aliphatic rings. The highest BCUT2D eigenvalue weighted by atomic mass is 16.5. The van der Waals surface area contributed by atoms with Crippen LogP contribution < -0.4 is 0 Å². The van der Waals surface area contributed by atoms with Gasteiger partial charge in [0.15, 0.2) is 0 Å². The van der Waals surface area contributed by atoms with Crippen LogP contribution in [0, 0.1) is 0 Å². The molecule has 0 atom stereocenters. The molecule has 7 nitrogen and oxygen atoms in total. The van der Waals surface area contributed by atoms with Crippen LogP contribution in [0.25, 0.3) is 23.2 Å². The van der Waals surface area contributed by atoms with Gasteiger partial charge in [-0.05, 0) is 30.3 Å². The first-order chi connectivity index (χ1) is 13.8. The Morgan fingerprint density at radius 3 is 2.61 bits per heavy atom. The minimum absolute atomic E-state index is 0.0240. The zero-order valence-electron chi connectivity index (χ0n) is 14.8. The van der Waals surface area contributed by atoms with Crippen molar-refractivity contribution in [3.63, 3.8) is 0 Å². The van der Waals surface area contributed by atoms with Crippen LogP contribution in [0.1, 0.15) is 11.4 Å². The van der Waals surface area contributed by atoms with Gasteiger partial charge in [0.1, 0.15) is 24.3 Å². The van der Waals surface area contributed by atoms with Crippen LogP contribution in [0.4, 0.5) is 0 Å². The van der Waals surface area contributed by atoms with E-state index >= 15 is 0 Å². The third-order valence-corrected chi connectivity index (χ3v) is 3.82. The third kappa shape index (κ3) is 4.21. The molecular weight excluding hydrogens is 356 g/mol. The fourth-order valence-corrected chi connectivity index (χ4v) is 2.47. The SMILES string of the molecule is O=C(C=Cc1cnn(-c2ccccc2)n1)OCc1coc(-c2ccccc2)n1. The Morgan fingerprint density at radius 1 is 1.07 bits per heavy atom. The van der Waals surface area contributed by atoms with Crippen molar-refractivity contribution in [3.8, 4) is 17.1 Å². The summed E-state index contributed by atoms with van der Waals surface area (Å²) in [4.78, 5) is 17.7. The molecule has 4 rings (SSSR count). The molecule has 0 spiro atoms. The predicted octanol–water partition coefficient (Wildman–Crippen LogP) is 3.68. The van der Waals surface area contributed by atoms with Crippen molar-refractivity contribution in [2.75, 3.05) is 0 Å². The molecule has 0 aliphatic carbocycles. The van der Waals surface area contributed by atoms with E-state index in [1.54, 1.807) is 12.3 Å². The van der Waals surface area contributed by atoms with E-state index in [-0.39, 0.29) is 6.61 Å². The molecule has 138 valence electrons. The van der Waals surface area contributed by atoms with Crippen LogP contribution in [0.5, 0.6) is 0 Å². The van der Waals surface area contributed by atoms with Gasteiger partial charge in [-0.2, -0.15) is 9.90 Å². The standard InChI is InChI=1S/C21H16N4O3/c26-20(12-11-17-13-22-25(24-17)19-9-5-2-6-10-19)27-14-18-15-28-21(23-18)16-7-3-1-4-8-16/h1-13,15H,14H2. The Bertz CT molecular complexity index is 1090. The minimum atomic E-state index is -0.501. The van der Waals surface area contributed by atoms with Crippen molar-refractivity contribution in [2.24, 2.45) is 0 Å². The van der Waals surface area contributed by atoms with Gasteiger partial charge in [0.25, 0.3) is 0 Å². The zero-order valence-corrected chi connectivity index (χ0v) is 14.8. The molecular formula is C21H16N4O3. The van der Waals surface area contributed by atoms with Gasteiger partial charge in [-0.1, -0.05) is 36.4 Å². The third-order valence-electron chi connectivity index (χ3n) is 3.82. The zero-order chi connectivity index (χ0) is 19.2. The van der Waals surface area contributed by atoms with Gasteiger partial charge in [-0.3, -0.25) is 0 Å². The van der Waals surface area contributed by atoms with Crippen LogP contribution in [-0.4, -0.2) is 25.9 Å². The number of rotatable bonds is 6.